The first kappa shape index (κ1) is 10.1. The van der Waals surface area contributed by atoms with E-state index >= 15 is 0 Å². The van der Waals surface area contributed by atoms with Gasteiger partial charge in [-0.15, -0.1) is 0 Å². The number of imidazole rings is 1. The number of fused-ring (bicyclic) bond motifs is 1. The number of nitrogen functional groups attached to an aromatic ring is 1. The molecule has 84 valence electrons. The molecule has 0 amide bonds. The van der Waals surface area contributed by atoms with E-state index in [-0.39, 0.29) is 0 Å². The Balaban J connectivity index is 2.34. The lowest BCUT2D eigenvalue weighted by atomic mass is 10.3. The van der Waals surface area contributed by atoms with Crippen molar-refractivity contribution in [1.82, 2.24) is 14.4 Å². The molecule has 2 N–H and O–H groups in total. The molecule has 0 bridgehead atoms. The number of rotatable bonds is 1. The van der Waals surface area contributed by atoms with Crippen LogP contribution in [0.5, 0.6) is 0 Å². The Morgan fingerprint density at radius 3 is 2.82 bits per heavy atom. The average molecular weight is 245 g/mol. The molecule has 4 nitrogen and oxygen atoms in total. The molecule has 0 fully saturated rings. The maximum absolute atomic E-state index is 6.08. The molecule has 3 rings (SSSR count). The van der Waals surface area contributed by atoms with Crippen LogP contribution in [0.15, 0.2) is 42.7 Å². The van der Waals surface area contributed by atoms with Crippen molar-refractivity contribution in [2.75, 3.05) is 5.73 Å². The predicted octanol–water partition coefficient (Wildman–Crippen LogP) is 2.63. The summed E-state index contributed by atoms with van der Waals surface area (Å²) in [6.07, 6.45) is 3.51. The summed E-state index contributed by atoms with van der Waals surface area (Å²) in [6.45, 7) is 0. The van der Waals surface area contributed by atoms with Gasteiger partial charge in [0.1, 0.15) is 5.69 Å². The summed E-state index contributed by atoms with van der Waals surface area (Å²) in [5, 5.41) is 0.450. The normalized spacial score (nSPS) is 10.9. The molecule has 3 aromatic rings. The van der Waals surface area contributed by atoms with Gasteiger partial charge in [-0.25, -0.2) is 4.98 Å². The largest absolute Gasteiger partial charge is 0.398 e. The first-order valence-electron chi connectivity index (χ1n) is 5.10. The van der Waals surface area contributed by atoms with Crippen LogP contribution in [0.4, 0.5) is 5.69 Å². The van der Waals surface area contributed by atoms with Crippen LogP contribution >= 0.6 is 11.6 Å². The maximum Gasteiger partial charge on any atom is 0.165 e. The van der Waals surface area contributed by atoms with Crippen LogP contribution in [0, 0.1) is 0 Å². The van der Waals surface area contributed by atoms with Crippen molar-refractivity contribution >= 4 is 22.8 Å². The first-order chi connectivity index (χ1) is 8.25. The minimum atomic E-state index is 0.450. The molecule has 0 aliphatic heterocycles. The first-order valence-corrected chi connectivity index (χ1v) is 5.48. The Bertz CT molecular complexity index is 676. The van der Waals surface area contributed by atoms with Crippen LogP contribution in [0.25, 0.3) is 17.0 Å². The van der Waals surface area contributed by atoms with Crippen molar-refractivity contribution in [2.24, 2.45) is 0 Å². The van der Waals surface area contributed by atoms with E-state index in [0.717, 1.165) is 11.2 Å². The molecule has 0 unspecified atom stereocenters. The molecular formula is C12H9ClN4. The molecule has 5 heteroatoms. The maximum atomic E-state index is 6.08. The lowest BCUT2D eigenvalue weighted by molar-refractivity contribution is 1.13. The lowest BCUT2D eigenvalue weighted by Crippen LogP contribution is -1.93. The molecule has 0 aromatic carbocycles. The van der Waals surface area contributed by atoms with Crippen molar-refractivity contribution < 1.29 is 0 Å². The second-order valence-corrected chi connectivity index (χ2v) is 4.02. The second-order valence-electron chi connectivity index (χ2n) is 3.66. The van der Waals surface area contributed by atoms with E-state index in [2.05, 4.69) is 9.97 Å². The smallest absolute Gasteiger partial charge is 0.165 e. The van der Waals surface area contributed by atoms with Crippen molar-refractivity contribution in [2.45, 2.75) is 0 Å². The third-order valence-electron chi connectivity index (χ3n) is 2.51. The number of nitrogens with two attached hydrogens (primary N) is 1. The number of halogens is 1. The minimum absolute atomic E-state index is 0.450. The zero-order chi connectivity index (χ0) is 11.8. The number of anilines is 1. The van der Waals surface area contributed by atoms with Crippen LogP contribution in [-0.2, 0) is 0 Å². The monoisotopic (exact) mass is 244 g/mol. The fourth-order valence-corrected chi connectivity index (χ4v) is 1.97. The lowest BCUT2D eigenvalue weighted by Gasteiger charge is -2.01. The Kier molecular flexibility index (Phi) is 2.23. The molecule has 0 saturated carbocycles. The molecular weight excluding hydrogens is 236 g/mol. The van der Waals surface area contributed by atoms with E-state index in [9.17, 15) is 0 Å². The van der Waals surface area contributed by atoms with Gasteiger partial charge in [0, 0.05) is 18.1 Å². The van der Waals surface area contributed by atoms with Crippen LogP contribution in [0.1, 0.15) is 0 Å². The fourth-order valence-electron chi connectivity index (χ4n) is 1.74. The standard InChI is InChI=1S/C12H9ClN4/c13-11-10-5-4-8(14)7-17(10)12(16-11)9-3-1-2-6-15-9/h1-7H,14H2. The average Bonchev–Trinajstić information content (AvgIpc) is 2.67. The van der Waals surface area contributed by atoms with Crippen LogP contribution in [-0.4, -0.2) is 14.4 Å². The molecule has 3 aromatic heterocycles. The van der Waals surface area contributed by atoms with Gasteiger partial charge in [0.25, 0.3) is 0 Å². The molecule has 0 aliphatic rings. The SMILES string of the molecule is Nc1ccc2c(Cl)nc(-c3ccccn3)n2c1. The quantitative estimate of drug-likeness (QED) is 0.716. The van der Waals surface area contributed by atoms with Crippen molar-refractivity contribution in [1.29, 1.82) is 0 Å². The Hall–Kier alpha value is -2.07. The minimum Gasteiger partial charge on any atom is -0.398 e. The fraction of sp³-hybridized carbons (Fsp3) is 0. The number of pyridine rings is 2. The van der Waals surface area contributed by atoms with E-state index in [4.69, 9.17) is 17.3 Å². The van der Waals surface area contributed by atoms with Gasteiger partial charge in [-0.2, -0.15) is 0 Å². The van der Waals surface area contributed by atoms with Gasteiger partial charge in [-0.1, -0.05) is 17.7 Å². The highest BCUT2D eigenvalue weighted by Crippen LogP contribution is 2.25. The molecule has 0 radical (unpaired) electrons. The van der Waals surface area contributed by atoms with E-state index in [1.54, 1.807) is 18.5 Å². The zero-order valence-electron chi connectivity index (χ0n) is 8.84. The van der Waals surface area contributed by atoms with E-state index in [0.29, 0.717) is 16.7 Å². The number of hydrogen-bond donors (Lipinski definition) is 1. The van der Waals surface area contributed by atoms with Gasteiger partial charge in [0.15, 0.2) is 11.0 Å². The number of aromatic nitrogens is 3. The van der Waals surface area contributed by atoms with Crippen molar-refractivity contribution in [3.63, 3.8) is 0 Å². The van der Waals surface area contributed by atoms with Crippen LogP contribution in [0.3, 0.4) is 0 Å². The van der Waals surface area contributed by atoms with Gasteiger partial charge in [-0.3, -0.25) is 9.38 Å². The summed E-state index contributed by atoms with van der Waals surface area (Å²) in [7, 11) is 0. The van der Waals surface area contributed by atoms with E-state index in [1.165, 1.54) is 0 Å². The van der Waals surface area contributed by atoms with Crippen molar-refractivity contribution in [3.05, 3.63) is 47.9 Å². The summed E-state index contributed by atoms with van der Waals surface area (Å²) < 4.78 is 1.85. The van der Waals surface area contributed by atoms with Crippen LogP contribution < -0.4 is 5.73 Å². The molecule has 0 aliphatic carbocycles. The van der Waals surface area contributed by atoms with Crippen LogP contribution in [0.2, 0.25) is 5.15 Å². The zero-order valence-corrected chi connectivity index (χ0v) is 9.59. The predicted molar refractivity (Wildman–Crippen MR) is 67.8 cm³/mol. The second kappa shape index (κ2) is 3.75. The third kappa shape index (κ3) is 1.62. The summed E-state index contributed by atoms with van der Waals surface area (Å²) in [5.74, 6) is 0.693. The number of hydrogen-bond acceptors (Lipinski definition) is 3. The Morgan fingerprint density at radius 2 is 2.06 bits per heavy atom. The highest BCUT2D eigenvalue weighted by Gasteiger charge is 2.11. The Morgan fingerprint density at radius 1 is 1.18 bits per heavy atom. The summed E-state index contributed by atoms with van der Waals surface area (Å²) in [4.78, 5) is 8.57. The van der Waals surface area contributed by atoms with Crippen molar-refractivity contribution in [3.8, 4) is 11.5 Å². The van der Waals surface area contributed by atoms with Gasteiger partial charge >= 0.3 is 0 Å². The van der Waals surface area contributed by atoms with Gasteiger partial charge < -0.3 is 5.73 Å². The summed E-state index contributed by atoms with van der Waals surface area (Å²) in [6, 6.07) is 9.29. The molecule has 0 atom stereocenters. The topological polar surface area (TPSA) is 56.2 Å². The van der Waals surface area contributed by atoms with E-state index < -0.39 is 0 Å². The summed E-state index contributed by atoms with van der Waals surface area (Å²) >= 11 is 6.08. The van der Waals surface area contributed by atoms with Gasteiger partial charge in [0.2, 0.25) is 0 Å². The molecule has 0 spiro atoms. The Labute approximate surface area is 103 Å². The van der Waals surface area contributed by atoms with E-state index in [1.807, 2.05) is 28.7 Å². The van der Waals surface area contributed by atoms with Gasteiger partial charge in [0.05, 0.1) is 5.52 Å². The molecule has 3 heterocycles. The van der Waals surface area contributed by atoms with Gasteiger partial charge in [-0.05, 0) is 24.3 Å². The highest BCUT2D eigenvalue weighted by atomic mass is 35.5. The highest BCUT2D eigenvalue weighted by molar-refractivity contribution is 6.32. The third-order valence-corrected chi connectivity index (χ3v) is 2.79. The summed E-state index contributed by atoms with van der Waals surface area (Å²) in [5.41, 5.74) is 8.01. The molecule has 17 heavy (non-hydrogen) atoms. The molecule has 0 saturated heterocycles. The number of nitrogens with zero attached hydrogens (tertiary/aromatic N) is 3.